The van der Waals surface area contributed by atoms with E-state index in [-0.39, 0.29) is 18.3 Å². The molecule has 0 saturated heterocycles. The Kier molecular flexibility index (Phi) is 7.62. The Morgan fingerprint density at radius 3 is 2.52 bits per heavy atom. The average molecular weight is 440 g/mol. The van der Waals surface area contributed by atoms with Crippen LogP contribution in [0.15, 0.2) is 40.9 Å². The fraction of sp³-hybridized carbons (Fsp3) is 0.350. The van der Waals surface area contributed by atoms with Crippen LogP contribution in [0.4, 0.5) is 4.39 Å². The molecule has 0 bridgehead atoms. The Labute approximate surface area is 166 Å². The van der Waals surface area contributed by atoms with Gasteiger partial charge in [-0.15, -0.1) is 0 Å². The molecule has 146 valence electrons. The van der Waals surface area contributed by atoms with E-state index in [1.54, 1.807) is 30.3 Å². The minimum atomic E-state index is -0.891. The number of hydrogen-bond donors (Lipinski definition) is 2. The quantitative estimate of drug-likeness (QED) is 0.606. The van der Waals surface area contributed by atoms with Crippen LogP contribution < -0.4 is 14.8 Å². The maximum Gasteiger partial charge on any atom is 0.320 e. The Balaban J connectivity index is 2.14. The molecule has 0 aliphatic rings. The van der Waals surface area contributed by atoms with E-state index < -0.39 is 12.0 Å². The van der Waals surface area contributed by atoms with Crippen LogP contribution in [0, 0.1) is 11.7 Å². The molecule has 27 heavy (non-hydrogen) atoms. The number of hydrogen-bond acceptors (Lipinski definition) is 4. The van der Waals surface area contributed by atoms with Crippen molar-refractivity contribution in [3.63, 3.8) is 0 Å². The van der Waals surface area contributed by atoms with Gasteiger partial charge in [-0.1, -0.05) is 48.0 Å². The number of carboxylic acid groups (broad SMARTS) is 1. The lowest BCUT2D eigenvalue weighted by atomic mass is 10.0. The van der Waals surface area contributed by atoms with E-state index in [0.29, 0.717) is 23.6 Å². The molecule has 1 unspecified atom stereocenters. The SMILES string of the molecule is COc1cc(CNC(C(=O)O)C(C)C)c(Br)cc1OCc1ccccc1F. The van der Waals surface area contributed by atoms with Gasteiger partial charge in [-0.05, 0) is 29.7 Å². The number of ether oxygens (including phenoxy) is 2. The normalized spacial score (nSPS) is 12.1. The lowest BCUT2D eigenvalue weighted by Crippen LogP contribution is -2.40. The first-order chi connectivity index (χ1) is 12.8. The van der Waals surface area contributed by atoms with E-state index in [9.17, 15) is 14.3 Å². The summed E-state index contributed by atoms with van der Waals surface area (Å²) in [4.78, 5) is 11.3. The molecular formula is C20H23BrFNO4. The van der Waals surface area contributed by atoms with Crippen molar-refractivity contribution in [3.05, 3.63) is 57.8 Å². The minimum absolute atomic E-state index is 0.0495. The molecule has 0 amide bonds. The summed E-state index contributed by atoms with van der Waals surface area (Å²) in [5.74, 6) is -0.313. The predicted octanol–water partition coefficient (Wildman–Crippen LogP) is 4.37. The smallest absolute Gasteiger partial charge is 0.320 e. The molecule has 0 saturated carbocycles. The number of nitrogens with one attached hydrogen (secondary N) is 1. The van der Waals surface area contributed by atoms with Gasteiger partial charge in [-0.2, -0.15) is 0 Å². The molecule has 1 atom stereocenters. The topological polar surface area (TPSA) is 67.8 Å². The lowest BCUT2D eigenvalue weighted by Gasteiger charge is -2.19. The molecule has 5 nitrogen and oxygen atoms in total. The van der Waals surface area contributed by atoms with Crippen molar-refractivity contribution < 1.29 is 23.8 Å². The Hall–Kier alpha value is -2.12. The number of carboxylic acids is 1. The standard InChI is InChI=1S/C20H23BrFNO4/c1-12(2)19(20(24)25)23-10-14-8-17(26-3)18(9-15(14)21)27-11-13-6-4-5-7-16(13)22/h4-9,12,19,23H,10-11H2,1-3H3,(H,24,25). The molecule has 0 aromatic heterocycles. The van der Waals surface area contributed by atoms with Crippen LogP contribution in [0.2, 0.25) is 0 Å². The largest absolute Gasteiger partial charge is 0.493 e. The highest BCUT2D eigenvalue weighted by Crippen LogP contribution is 2.34. The van der Waals surface area contributed by atoms with Crippen LogP contribution in [0.1, 0.15) is 25.0 Å². The average Bonchev–Trinajstić information content (AvgIpc) is 2.62. The highest BCUT2D eigenvalue weighted by atomic mass is 79.9. The zero-order valence-corrected chi connectivity index (χ0v) is 17.0. The predicted molar refractivity (Wildman–Crippen MR) is 105 cm³/mol. The molecule has 7 heteroatoms. The van der Waals surface area contributed by atoms with Crippen molar-refractivity contribution in [2.24, 2.45) is 5.92 Å². The van der Waals surface area contributed by atoms with Crippen molar-refractivity contribution in [3.8, 4) is 11.5 Å². The lowest BCUT2D eigenvalue weighted by molar-refractivity contribution is -0.140. The zero-order valence-electron chi connectivity index (χ0n) is 15.5. The van der Waals surface area contributed by atoms with Crippen molar-refractivity contribution in [2.45, 2.75) is 33.0 Å². The van der Waals surface area contributed by atoms with Gasteiger partial charge in [-0.3, -0.25) is 4.79 Å². The van der Waals surface area contributed by atoms with E-state index in [1.165, 1.54) is 13.2 Å². The van der Waals surface area contributed by atoms with Crippen molar-refractivity contribution in [1.82, 2.24) is 5.32 Å². The fourth-order valence-electron chi connectivity index (χ4n) is 2.58. The van der Waals surface area contributed by atoms with Gasteiger partial charge in [0.2, 0.25) is 0 Å². The Bertz CT molecular complexity index is 798. The molecule has 0 aliphatic heterocycles. The van der Waals surface area contributed by atoms with Gasteiger partial charge < -0.3 is 19.9 Å². The number of aliphatic carboxylic acids is 1. The van der Waals surface area contributed by atoms with E-state index >= 15 is 0 Å². The molecular weight excluding hydrogens is 417 g/mol. The van der Waals surface area contributed by atoms with Crippen LogP contribution in [0.5, 0.6) is 11.5 Å². The second-order valence-corrected chi connectivity index (χ2v) is 7.27. The summed E-state index contributed by atoms with van der Waals surface area (Å²) in [6.07, 6.45) is 0. The molecule has 2 N–H and O–H groups in total. The first kappa shape index (κ1) is 21.2. The Morgan fingerprint density at radius 1 is 1.22 bits per heavy atom. The van der Waals surface area contributed by atoms with Gasteiger partial charge in [0.15, 0.2) is 11.5 Å². The third-order valence-corrected chi connectivity index (χ3v) is 4.86. The molecule has 0 heterocycles. The maximum atomic E-state index is 13.7. The van der Waals surface area contributed by atoms with Gasteiger partial charge >= 0.3 is 5.97 Å². The zero-order chi connectivity index (χ0) is 20.0. The van der Waals surface area contributed by atoms with Crippen LogP contribution in [0.25, 0.3) is 0 Å². The summed E-state index contributed by atoms with van der Waals surface area (Å²) in [5.41, 5.74) is 1.28. The van der Waals surface area contributed by atoms with E-state index in [4.69, 9.17) is 9.47 Å². The van der Waals surface area contributed by atoms with Gasteiger partial charge in [0.05, 0.1) is 7.11 Å². The summed E-state index contributed by atoms with van der Waals surface area (Å²) < 4.78 is 25.6. The summed E-state index contributed by atoms with van der Waals surface area (Å²) in [6.45, 7) is 4.11. The molecule has 0 radical (unpaired) electrons. The van der Waals surface area contributed by atoms with E-state index in [2.05, 4.69) is 21.2 Å². The molecule has 2 aromatic carbocycles. The molecule has 2 rings (SSSR count). The molecule has 0 fully saturated rings. The number of rotatable bonds is 9. The van der Waals surface area contributed by atoms with E-state index in [0.717, 1.165) is 10.0 Å². The first-order valence-corrected chi connectivity index (χ1v) is 9.31. The summed E-state index contributed by atoms with van der Waals surface area (Å²) in [5, 5.41) is 12.3. The summed E-state index contributed by atoms with van der Waals surface area (Å²) in [7, 11) is 1.52. The molecule has 2 aromatic rings. The van der Waals surface area contributed by atoms with Gasteiger partial charge in [0, 0.05) is 16.6 Å². The number of methoxy groups -OCH3 is 1. The third-order valence-electron chi connectivity index (χ3n) is 4.12. The number of carbonyl (C=O) groups is 1. The second kappa shape index (κ2) is 9.71. The molecule has 0 aliphatic carbocycles. The second-order valence-electron chi connectivity index (χ2n) is 6.42. The van der Waals surface area contributed by atoms with Crippen LogP contribution >= 0.6 is 15.9 Å². The monoisotopic (exact) mass is 439 g/mol. The van der Waals surface area contributed by atoms with Crippen molar-refractivity contribution in [2.75, 3.05) is 7.11 Å². The third kappa shape index (κ3) is 5.68. The van der Waals surface area contributed by atoms with Crippen LogP contribution in [-0.4, -0.2) is 24.2 Å². The first-order valence-electron chi connectivity index (χ1n) is 8.52. The van der Waals surface area contributed by atoms with Gasteiger partial charge in [0.25, 0.3) is 0 Å². The highest BCUT2D eigenvalue weighted by Gasteiger charge is 2.21. The van der Waals surface area contributed by atoms with Crippen LogP contribution in [-0.2, 0) is 17.9 Å². The highest BCUT2D eigenvalue weighted by molar-refractivity contribution is 9.10. The fourth-order valence-corrected chi connectivity index (χ4v) is 3.05. The maximum absolute atomic E-state index is 13.7. The molecule has 0 spiro atoms. The van der Waals surface area contributed by atoms with Gasteiger partial charge in [0.1, 0.15) is 18.5 Å². The number of halogens is 2. The number of benzene rings is 2. The Morgan fingerprint density at radius 2 is 1.93 bits per heavy atom. The summed E-state index contributed by atoms with van der Waals surface area (Å²) in [6, 6.07) is 9.27. The van der Waals surface area contributed by atoms with E-state index in [1.807, 2.05) is 13.8 Å². The van der Waals surface area contributed by atoms with Crippen molar-refractivity contribution in [1.29, 1.82) is 0 Å². The van der Waals surface area contributed by atoms with Gasteiger partial charge in [-0.25, -0.2) is 4.39 Å². The summed E-state index contributed by atoms with van der Waals surface area (Å²) >= 11 is 3.48. The minimum Gasteiger partial charge on any atom is -0.493 e. The van der Waals surface area contributed by atoms with Crippen LogP contribution in [0.3, 0.4) is 0 Å². The van der Waals surface area contributed by atoms with Crippen molar-refractivity contribution >= 4 is 21.9 Å².